The number of aromatic nitrogens is 1. The molecule has 2 nitrogen and oxygen atoms in total. The van der Waals surface area contributed by atoms with Crippen molar-refractivity contribution in [1.29, 1.82) is 0 Å². The van der Waals surface area contributed by atoms with Crippen LogP contribution in [0.4, 0.5) is 0 Å². The van der Waals surface area contributed by atoms with Crippen molar-refractivity contribution in [3.05, 3.63) is 78.0 Å². The molecule has 4 aromatic rings. The molecule has 0 aliphatic rings. The lowest BCUT2D eigenvalue weighted by molar-refractivity contribution is 0.422. The number of nitrogens with zero attached hydrogens (tertiary/aromatic N) is 1. The van der Waals surface area contributed by atoms with Crippen LogP contribution in [0.25, 0.3) is 21.7 Å². The first-order valence-electron chi connectivity index (χ1n) is 7.87. The summed E-state index contributed by atoms with van der Waals surface area (Å²) in [6, 6.07) is 21.2. The number of hydrogen-bond acceptors (Lipinski definition) is 1. The second-order valence-electron chi connectivity index (χ2n) is 5.95. The molecule has 0 aliphatic carbocycles. The van der Waals surface area contributed by atoms with Gasteiger partial charge in [0.2, 0.25) is 0 Å². The van der Waals surface area contributed by atoms with E-state index in [9.17, 15) is 0 Å². The first-order valence-corrected chi connectivity index (χ1v) is 7.87. The van der Waals surface area contributed by atoms with Crippen LogP contribution in [0.2, 0.25) is 0 Å². The highest BCUT2D eigenvalue weighted by molar-refractivity contribution is 6.05. The van der Waals surface area contributed by atoms with Crippen molar-refractivity contribution in [2.45, 2.75) is 13.5 Å². The molecule has 0 spiro atoms. The Morgan fingerprint density at radius 1 is 0.913 bits per heavy atom. The first kappa shape index (κ1) is 13.9. The molecule has 0 bridgehead atoms. The molecule has 3 aromatic carbocycles. The summed E-state index contributed by atoms with van der Waals surface area (Å²) in [6.45, 7) is 3.01. The molecule has 1 aromatic heterocycles. The monoisotopic (exact) mass is 301 g/mol. The van der Waals surface area contributed by atoms with E-state index >= 15 is 0 Å². The van der Waals surface area contributed by atoms with Crippen LogP contribution < -0.4 is 4.74 Å². The van der Waals surface area contributed by atoms with E-state index in [0.29, 0.717) is 0 Å². The standard InChI is InChI=1S/C21H19NO/c1-15-13-22(14-16-8-4-3-5-9-16)20-19(15)12-17-10-6-7-11-18(17)21(20)23-2/h3-13H,14H2,1-2H3. The van der Waals surface area contributed by atoms with Crippen molar-refractivity contribution in [3.63, 3.8) is 0 Å². The van der Waals surface area contributed by atoms with Crippen molar-refractivity contribution < 1.29 is 4.74 Å². The van der Waals surface area contributed by atoms with E-state index in [2.05, 4.69) is 78.4 Å². The lowest BCUT2D eigenvalue weighted by atomic mass is 10.0. The average Bonchev–Trinajstić information content (AvgIpc) is 2.89. The highest BCUT2D eigenvalue weighted by atomic mass is 16.5. The molecule has 0 atom stereocenters. The van der Waals surface area contributed by atoms with E-state index in [1.54, 1.807) is 7.11 Å². The average molecular weight is 301 g/mol. The topological polar surface area (TPSA) is 14.2 Å². The minimum Gasteiger partial charge on any atom is -0.494 e. The number of fused-ring (bicyclic) bond motifs is 2. The summed E-state index contributed by atoms with van der Waals surface area (Å²) < 4.78 is 8.11. The van der Waals surface area contributed by atoms with Crippen LogP contribution in [0.5, 0.6) is 5.75 Å². The van der Waals surface area contributed by atoms with Gasteiger partial charge in [0, 0.05) is 23.5 Å². The third kappa shape index (κ3) is 2.27. The van der Waals surface area contributed by atoms with Crippen molar-refractivity contribution in [2.75, 3.05) is 7.11 Å². The Hall–Kier alpha value is -2.74. The maximum Gasteiger partial charge on any atom is 0.150 e. The number of methoxy groups -OCH3 is 1. The molecule has 0 saturated carbocycles. The smallest absolute Gasteiger partial charge is 0.150 e. The predicted octanol–water partition coefficient (Wildman–Crippen LogP) is 5.16. The summed E-state index contributed by atoms with van der Waals surface area (Å²) in [4.78, 5) is 0. The molecule has 0 radical (unpaired) electrons. The number of hydrogen-bond donors (Lipinski definition) is 0. The Kier molecular flexibility index (Phi) is 3.30. The van der Waals surface area contributed by atoms with Gasteiger partial charge in [0.15, 0.2) is 5.75 Å². The number of ether oxygens (including phenoxy) is 1. The summed E-state index contributed by atoms with van der Waals surface area (Å²) in [5.74, 6) is 0.960. The van der Waals surface area contributed by atoms with Gasteiger partial charge in [-0.3, -0.25) is 0 Å². The van der Waals surface area contributed by atoms with Gasteiger partial charge in [0.25, 0.3) is 0 Å². The first-order chi connectivity index (χ1) is 11.3. The van der Waals surface area contributed by atoms with Gasteiger partial charge in [-0.05, 0) is 29.5 Å². The highest BCUT2D eigenvalue weighted by Gasteiger charge is 2.14. The molecule has 23 heavy (non-hydrogen) atoms. The minimum absolute atomic E-state index is 0.847. The summed E-state index contributed by atoms with van der Waals surface area (Å²) in [5.41, 5.74) is 3.74. The fourth-order valence-electron chi connectivity index (χ4n) is 3.37. The van der Waals surface area contributed by atoms with Crippen molar-refractivity contribution in [3.8, 4) is 5.75 Å². The summed E-state index contributed by atoms with van der Waals surface area (Å²) in [7, 11) is 1.76. The summed E-state index contributed by atoms with van der Waals surface area (Å²) in [5, 5.41) is 3.64. The third-order valence-electron chi connectivity index (χ3n) is 4.44. The second kappa shape index (κ2) is 5.47. The maximum atomic E-state index is 5.81. The molecule has 2 heteroatoms. The van der Waals surface area contributed by atoms with Gasteiger partial charge >= 0.3 is 0 Å². The summed E-state index contributed by atoms with van der Waals surface area (Å²) in [6.07, 6.45) is 2.22. The molecule has 114 valence electrons. The van der Waals surface area contributed by atoms with Gasteiger partial charge in [0.05, 0.1) is 12.6 Å². The fraction of sp³-hybridized carbons (Fsp3) is 0.143. The SMILES string of the molecule is COc1c2ccccc2cc2c(C)cn(Cc3ccccc3)c12. The lowest BCUT2D eigenvalue weighted by Crippen LogP contribution is -1.99. The number of benzene rings is 3. The van der Waals surface area contributed by atoms with Crippen molar-refractivity contribution in [2.24, 2.45) is 0 Å². The largest absolute Gasteiger partial charge is 0.494 e. The second-order valence-corrected chi connectivity index (χ2v) is 5.95. The van der Waals surface area contributed by atoms with Crippen molar-refractivity contribution >= 4 is 21.7 Å². The molecule has 0 aliphatic heterocycles. The normalized spacial score (nSPS) is 11.2. The van der Waals surface area contributed by atoms with Gasteiger partial charge in [-0.15, -0.1) is 0 Å². The van der Waals surface area contributed by atoms with Crippen LogP contribution in [-0.4, -0.2) is 11.7 Å². The van der Waals surface area contributed by atoms with Crippen molar-refractivity contribution in [1.82, 2.24) is 4.57 Å². The molecule has 0 fully saturated rings. The molecule has 0 N–H and O–H groups in total. The lowest BCUT2D eigenvalue weighted by Gasteiger charge is -2.12. The van der Waals surface area contributed by atoms with E-state index in [4.69, 9.17) is 4.74 Å². The number of rotatable bonds is 3. The molecule has 4 rings (SSSR count). The Balaban J connectivity index is 2.00. The van der Waals surface area contributed by atoms with Gasteiger partial charge in [-0.2, -0.15) is 0 Å². The fourth-order valence-corrected chi connectivity index (χ4v) is 3.37. The molecule has 0 amide bonds. The third-order valence-corrected chi connectivity index (χ3v) is 4.44. The van der Waals surface area contributed by atoms with Gasteiger partial charge < -0.3 is 9.30 Å². The highest BCUT2D eigenvalue weighted by Crippen LogP contribution is 2.37. The van der Waals surface area contributed by atoms with E-state index in [0.717, 1.165) is 17.7 Å². The zero-order chi connectivity index (χ0) is 15.8. The summed E-state index contributed by atoms with van der Waals surface area (Å²) >= 11 is 0. The van der Waals surface area contributed by atoms with E-state index in [-0.39, 0.29) is 0 Å². The van der Waals surface area contributed by atoms with Crippen LogP contribution in [0.1, 0.15) is 11.1 Å². The van der Waals surface area contributed by atoms with Gasteiger partial charge in [0.1, 0.15) is 0 Å². The van der Waals surface area contributed by atoms with E-state index in [1.807, 2.05) is 0 Å². The Bertz CT molecular complexity index is 983. The predicted molar refractivity (Wildman–Crippen MR) is 96.3 cm³/mol. The van der Waals surface area contributed by atoms with Crippen LogP contribution in [0.15, 0.2) is 66.9 Å². The molecular formula is C21H19NO. The van der Waals surface area contributed by atoms with E-state index < -0.39 is 0 Å². The molecule has 0 unspecified atom stereocenters. The molecule has 1 heterocycles. The quantitative estimate of drug-likeness (QED) is 0.510. The number of aryl methyl sites for hydroxylation is 1. The van der Waals surface area contributed by atoms with Gasteiger partial charge in [-0.25, -0.2) is 0 Å². The van der Waals surface area contributed by atoms with E-state index in [1.165, 1.54) is 27.4 Å². The Morgan fingerprint density at radius 3 is 2.43 bits per heavy atom. The Labute approximate surface area is 135 Å². The zero-order valence-corrected chi connectivity index (χ0v) is 13.4. The van der Waals surface area contributed by atoms with Crippen LogP contribution in [0, 0.1) is 6.92 Å². The van der Waals surface area contributed by atoms with Crippen LogP contribution >= 0.6 is 0 Å². The van der Waals surface area contributed by atoms with Gasteiger partial charge in [-0.1, -0.05) is 54.6 Å². The molecular weight excluding hydrogens is 282 g/mol. The molecule has 0 saturated heterocycles. The minimum atomic E-state index is 0.847. The Morgan fingerprint density at radius 2 is 1.65 bits per heavy atom. The van der Waals surface area contributed by atoms with Crippen LogP contribution in [0.3, 0.4) is 0 Å². The zero-order valence-electron chi connectivity index (χ0n) is 13.4. The van der Waals surface area contributed by atoms with Crippen LogP contribution in [-0.2, 0) is 6.54 Å². The maximum absolute atomic E-state index is 5.81.